The highest BCUT2D eigenvalue weighted by atomic mass is 16.5. The van der Waals surface area contributed by atoms with Crippen molar-refractivity contribution < 1.29 is 14.3 Å². The second-order valence-electron chi connectivity index (χ2n) is 5.60. The van der Waals surface area contributed by atoms with Gasteiger partial charge < -0.3 is 15.0 Å². The van der Waals surface area contributed by atoms with Crippen LogP contribution in [0.25, 0.3) is 0 Å². The van der Waals surface area contributed by atoms with Gasteiger partial charge in [-0.3, -0.25) is 9.59 Å². The minimum atomic E-state index is -0.0281. The molecule has 0 atom stereocenters. The average molecular weight is 320 g/mol. The molecule has 0 radical (unpaired) electrons. The molecule has 1 N–H and O–H groups in total. The topological polar surface area (TPSA) is 58.6 Å². The first-order valence-corrected chi connectivity index (χ1v) is 8.22. The lowest BCUT2D eigenvalue weighted by atomic mass is 10.2. The predicted molar refractivity (Wildman–Crippen MR) is 91.2 cm³/mol. The van der Waals surface area contributed by atoms with E-state index in [0.29, 0.717) is 26.1 Å². The molecule has 0 aliphatic rings. The van der Waals surface area contributed by atoms with E-state index in [1.807, 2.05) is 24.3 Å². The maximum absolute atomic E-state index is 11.8. The Morgan fingerprint density at radius 2 is 1.87 bits per heavy atom. The Kier molecular flexibility index (Phi) is 8.80. The fraction of sp³-hybridized carbons (Fsp3) is 0.556. The number of methoxy groups -OCH3 is 1. The van der Waals surface area contributed by atoms with Crippen molar-refractivity contribution in [1.29, 1.82) is 0 Å². The molecule has 0 unspecified atom stereocenters. The SMILES string of the molecule is CCCCCNC(=O)CCN(Cc1ccc(OC)cc1)C(C)=O. The highest BCUT2D eigenvalue weighted by molar-refractivity contribution is 5.78. The number of unbranched alkanes of at least 4 members (excludes halogenated alkanes) is 2. The number of carbonyl (C=O) groups is 2. The number of amides is 2. The third-order valence-electron chi connectivity index (χ3n) is 3.69. The lowest BCUT2D eigenvalue weighted by molar-refractivity contribution is -0.130. The number of ether oxygens (including phenoxy) is 1. The molecule has 0 aliphatic carbocycles. The van der Waals surface area contributed by atoms with E-state index in [9.17, 15) is 9.59 Å². The Balaban J connectivity index is 2.42. The smallest absolute Gasteiger partial charge is 0.221 e. The molecular weight excluding hydrogens is 292 g/mol. The monoisotopic (exact) mass is 320 g/mol. The largest absolute Gasteiger partial charge is 0.497 e. The summed E-state index contributed by atoms with van der Waals surface area (Å²) < 4.78 is 5.12. The molecule has 2 amide bonds. The van der Waals surface area contributed by atoms with Gasteiger partial charge in [0.25, 0.3) is 0 Å². The number of hydrogen-bond acceptors (Lipinski definition) is 3. The van der Waals surface area contributed by atoms with E-state index in [0.717, 1.165) is 30.6 Å². The maximum Gasteiger partial charge on any atom is 0.221 e. The number of benzene rings is 1. The molecule has 5 nitrogen and oxygen atoms in total. The van der Waals surface area contributed by atoms with E-state index in [-0.39, 0.29) is 11.8 Å². The number of nitrogens with zero attached hydrogens (tertiary/aromatic N) is 1. The van der Waals surface area contributed by atoms with Gasteiger partial charge in [-0.1, -0.05) is 31.9 Å². The molecule has 1 rings (SSSR count). The summed E-state index contributed by atoms with van der Waals surface area (Å²) in [5.41, 5.74) is 1.02. The number of hydrogen-bond donors (Lipinski definition) is 1. The van der Waals surface area contributed by atoms with Crippen LogP contribution in [0.1, 0.15) is 45.1 Å². The van der Waals surface area contributed by atoms with Crippen molar-refractivity contribution in [2.45, 2.75) is 46.1 Å². The molecule has 0 fully saturated rings. The highest BCUT2D eigenvalue weighted by Crippen LogP contribution is 2.13. The highest BCUT2D eigenvalue weighted by Gasteiger charge is 2.11. The molecule has 1 aromatic carbocycles. The molecule has 1 aromatic rings. The van der Waals surface area contributed by atoms with Crippen LogP contribution < -0.4 is 10.1 Å². The van der Waals surface area contributed by atoms with Gasteiger partial charge in [-0.05, 0) is 24.1 Å². The third-order valence-corrected chi connectivity index (χ3v) is 3.69. The van der Waals surface area contributed by atoms with Crippen molar-refractivity contribution in [1.82, 2.24) is 10.2 Å². The van der Waals surface area contributed by atoms with Gasteiger partial charge in [0.2, 0.25) is 11.8 Å². The van der Waals surface area contributed by atoms with Gasteiger partial charge in [-0.15, -0.1) is 0 Å². The van der Waals surface area contributed by atoms with E-state index in [4.69, 9.17) is 4.74 Å². The summed E-state index contributed by atoms with van der Waals surface area (Å²) in [6.45, 7) is 5.31. The summed E-state index contributed by atoms with van der Waals surface area (Å²) in [4.78, 5) is 25.2. The van der Waals surface area contributed by atoms with Crippen molar-refractivity contribution in [2.24, 2.45) is 0 Å². The average Bonchev–Trinajstić information content (AvgIpc) is 2.55. The van der Waals surface area contributed by atoms with Crippen LogP contribution in [0.5, 0.6) is 5.75 Å². The second kappa shape index (κ2) is 10.6. The Labute approximate surface area is 139 Å². The van der Waals surface area contributed by atoms with Crippen LogP contribution in [-0.2, 0) is 16.1 Å². The summed E-state index contributed by atoms with van der Waals surface area (Å²) in [6.07, 6.45) is 3.60. The summed E-state index contributed by atoms with van der Waals surface area (Å²) in [7, 11) is 1.62. The predicted octanol–water partition coefficient (Wildman–Crippen LogP) is 2.74. The summed E-state index contributed by atoms with van der Waals surface area (Å²) in [5.74, 6) is 0.760. The fourth-order valence-corrected chi connectivity index (χ4v) is 2.23. The van der Waals surface area contributed by atoms with Crippen LogP contribution in [0.2, 0.25) is 0 Å². The lowest BCUT2D eigenvalue weighted by Crippen LogP contribution is -2.33. The van der Waals surface area contributed by atoms with Crippen molar-refractivity contribution in [3.63, 3.8) is 0 Å². The van der Waals surface area contributed by atoms with E-state index in [1.54, 1.807) is 12.0 Å². The van der Waals surface area contributed by atoms with E-state index in [1.165, 1.54) is 6.92 Å². The normalized spacial score (nSPS) is 10.2. The fourth-order valence-electron chi connectivity index (χ4n) is 2.23. The first-order valence-electron chi connectivity index (χ1n) is 8.22. The van der Waals surface area contributed by atoms with E-state index >= 15 is 0 Å². The van der Waals surface area contributed by atoms with Gasteiger partial charge in [0, 0.05) is 33.0 Å². The van der Waals surface area contributed by atoms with Crippen LogP contribution in [0, 0.1) is 0 Å². The summed E-state index contributed by atoms with van der Waals surface area (Å²) >= 11 is 0. The molecule has 0 saturated carbocycles. The molecule has 0 saturated heterocycles. The standard InChI is InChI=1S/C18H28N2O3/c1-4-5-6-12-19-18(22)11-13-20(15(2)21)14-16-7-9-17(23-3)10-8-16/h7-10H,4-6,11-14H2,1-3H3,(H,19,22). The Bertz CT molecular complexity index is 486. The van der Waals surface area contributed by atoms with Crippen molar-refractivity contribution in [2.75, 3.05) is 20.2 Å². The maximum atomic E-state index is 11.8. The van der Waals surface area contributed by atoms with Gasteiger partial charge in [0.05, 0.1) is 7.11 Å². The molecule has 128 valence electrons. The zero-order chi connectivity index (χ0) is 17.1. The Morgan fingerprint density at radius 3 is 2.43 bits per heavy atom. The first kappa shape index (κ1) is 19.0. The van der Waals surface area contributed by atoms with Crippen molar-refractivity contribution >= 4 is 11.8 Å². The van der Waals surface area contributed by atoms with Crippen molar-refractivity contribution in [3.05, 3.63) is 29.8 Å². The zero-order valence-electron chi connectivity index (χ0n) is 14.4. The van der Waals surface area contributed by atoms with Gasteiger partial charge in [0.15, 0.2) is 0 Å². The van der Waals surface area contributed by atoms with Gasteiger partial charge in [0.1, 0.15) is 5.75 Å². The number of rotatable bonds is 10. The van der Waals surface area contributed by atoms with Crippen LogP contribution in [0.15, 0.2) is 24.3 Å². The Hall–Kier alpha value is -2.04. The van der Waals surface area contributed by atoms with Crippen molar-refractivity contribution in [3.8, 4) is 5.75 Å². The Morgan fingerprint density at radius 1 is 1.17 bits per heavy atom. The van der Waals surface area contributed by atoms with E-state index in [2.05, 4.69) is 12.2 Å². The number of nitrogens with one attached hydrogen (secondary N) is 1. The number of carbonyl (C=O) groups excluding carboxylic acids is 2. The molecular formula is C18H28N2O3. The molecule has 0 spiro atoms. The van der Waals surface area contributed by atoms with E-state index < -0.39 is 0 Å². The second-order valence-corrected chi connectivity index (χ2v) is 5.60. The van der Waals surface area contributed by atoms with Gasteiger partial charge >= 0.3 is 0 Å². The molecule has 0 bridgehead atoms. The van der Waals surface area contributed by atoms with Crippen LogP contribution in [0.4, 0.5) is 0 Å². The lowest BCUT2D eigenvalue weighted by Gasteiger charge is -2.21. The van der Waals surface area contributed by atoms with Gasteiger partial charge in [-0.2, -0.15) is 0 Å². The summed E-state index contributed by atoms with van der Waals surface area (Å²) in [5, 5.41) is 2.90. The van der Waals surface area contributed by atoms with Crippen LogP contribution in [0.3, 0.4) is 0 Å². The minimum Gasteiger partial charge on any atom is -0.497 e. The van der Waals surface area contributed by atoms with Crippen LogP contribution in [-0.4, -0.2) is 36.9 Å². The first-order chi connectivity index (χ1) is 11.1. The molecule has 0 heterocycles. The minimum absolute atomic E-state index is 0.00193. The molecule has 0 aromatic heterocycles. The molecule has 0 aliphatic heterocycles. The quantitative estimate of drug-likeness (QED) is 0.674. The molecule has 23 heavy (non-hydrogen) atoms. The van der Waals surface area contributed by atoms with Gasteiger partial charge in [-0.25, -0.2) is 0 Å². The third kappa shape index (κ3) is 7.68. The zero-order valence-corrected chi connectivity index (χ0v) is 14.4. The molecule has 5 heteroatoms. The van der Waals surface area contributed by atoms with Crippen LogP contribution >= 0.6 is 0 Å². The summed E-state index contributed by atoms with van der Waals surface area (Å²) in [6, 6.07) is 7.60.